The highest BCUT2D eigenvalue weighted by Crippen LogP contribution is 2.56. The van der Waals surface area contributed by atoms with Gasteiger partial charge in [-0.2, -0.15) is 0 Å². The van der Waals surface area contributed by atoms with Crippen LogP contribution in [0.15, 0.2) is 30.3 Å². The van der Waals surface area contributed by atoms with Gasteiger partial charge in [0.1, 0.15) is 6.16 Å². The fourth-order valence-electron chi connectivity index (χ4n) is 1.89. The molecule has 15 heavy (non-hydrogen) atoms. The molecule has 0 spiro atoms. The average molecular weight is 288 g/mol. The highest BCUT2D eigenvalue weighted by atomic mass is 79.9. The van der Waals surface area contributed by atoms with Crippen LogP contribution in [0.2, 0.25) is 0 Å². The molecule has 0 aliphatic carbocycles. The lowest BCUT2D eigenvalue weighted by Crippen LogP contribution is -2.20. The zero-order valence-corrected chi connectivity index (χ0v) is 11.7. The molecule has 82 valence electrons. The van der Waals surface area contributed by atoms with Gasteiger partial charge in [0.15, 0.2) is 0 Å². The van der Waals surface area contributed by atoms with E-state index >= 15 is 0 Å². The number of benzene rings is 1. The average Bonchev–Trinajstić information content (AvgIpc) is 2.27. The Morgan fingerprint density at radius 3 is 2.13 bits per heavy atom. The molecule has 0 heterocycles. The van der Waals surface area contributed by atoms with E-state index in [4.69, 9.17) is 0 Å². The molecule has 0 saturated heterocycles. The van der Waals surface area contributed by atoms with Crippen LogP contribution in [0.5, 0.6) is 0 Å². The van der Waals surface area contributed by atoms with Gasteiger partial charge in [0.2, 0.25) is 4.69 Å². The first-order valence-electron chi connectivity index (χ1n) is 5.24. The van der Waals surface area contributed by atoms with Gasteiger partial charge in [0.05, 0.1) is 24.9 Å². The van der Waals surface area contributed by atoms with Crippen LogP contribution in [0, 0.1) is 0 Å². The van der Waals surface area contributed by atoms with Gasteiger partial charge in [-0.25, -0.2) is 0 Å². The number of hydrogen-bond donors (Lipinski definition) is 0. The van der Waals surface area contributed by atoms with Crippen molar-refractivity contribution in [2.75, 3.05) is 18.5 Å². The Kier molecular flexibility index (Phi) is 4.95. The van der Waals surface area contributed by atoms with Crippen molar-refractivity contribution >= 4 is 33.2 Å². The highest BCUT2D eigenvalue weighted by molar-refractivity contribution is 9.18. The Morgan fingerprint density at radius 2 is 1.73 bits per heavy atom. The first-order valence-corrected chi connectivity index (χ1v) is 8.38. The Balaban J connectivity index is 3.05. The monoisotopic (exact) mass is 287 g/mol. The molecule has 0 N–H and O–H groups in total. The molecule has 1 nitrogen and oxygen atoms in total. The summed E-state index contributed by atoms with van der Waals surface area (Å²) in [5.41, 5.74) is 0. The van der Waals surface area contributed by atoms with E-state index < -0.39 is 7.26 Å². The van der Waals surface area contributed by atoms with Gasteiger partial charge < -0.3 is 0 Å². The van der Waals surface area contributed by atoms with Crippen molar-refractivity contribution in [1.29, 1.82) is 0 Å². The van der Waals surface area contributed by atoms with Gasteiger partial charge in [0.25, 0.3) is 0 Å². The van der Waals surface area contributed by atoms with Crippen LogP contribution in [0.1, 0.15) is 13.8 Å². The van der Waals surface area contributed by atoms with Gasteiger partial charge in [-0.15, -0.1) is 0 Å². The molecule has 1 aromatic carbocycles. The number of carbonyl (C=O) groups is 1. The van der Waals surface area contributed by atoms with Crippen molar-refractivity contribution in [2.24, 2.45) is 0 Å². The fourth-order valence-corrected chi connectivity index (χ4v) is 6.41. The van der Waals surface area contributed by atoms with Crippen LogP contribution in [-0.4, -0.2) is 23.2 Å². The third-order valence-corrected chi connectivity index (χ3v) is 8.36. The third kappa shape index (κ3) is 3.12. The standard InChI is InChI=1S/C12H17BrOP/c1-3-15(4-2,10-12(13)14)11-8-6-5-7-9-11/h5-9H,3-4,10H2,1-2H3/q+1. The molecule has 0 fully saturated rings. The second kappa shape index (κ2) is 5.77. The number of hydrogen-bond acceptors (Lipinski definition) is 1. The lowest BCUT2D eigenvalue weighted by atomic mass is 10.4. The van der Waals surface area contributed by atoms with E-state index in [0.29, 0.717) is 6.16 Å². The molecule has 0 aliphatic rings. The third-order valence-electron chi connectivity index (χ3n) is 2.94. The summed E-state index contributed by atoms with van der Waals surface area (Å²) in [5.74, 6) is 0. The van der Waals surface area contributed by atoms with E-state index in [1.807, 2.05) is 6.07 Å². The molecule has 1 aromatic rings. The largest absolute Gasteiger partial charge is 0.282 e. The summed E-state index contributed by atoms with van der Waals surface area (Å²) in [6.07, 6.45) is 2.89. The quantitative estimate of drug-likeness (QED) is 0.600. The first kappa shape index (κ1) is 12.9. The minimum Gasteiger partial charge on any atom is -0.282 e. The summed E-state index contributed by atoms with van der Waals surface area (Å²) >= 11 is 3.08. The van der Waals surface area contributed by atoms with E-state index in [-0.39, 0.29) is 4.69 Å². The van der Waals surface area contributed by atoms with E-state index in [1.165, 1.54) is 5.30 Å². The molecular weight excluding hydrogens is 271 g/mol. The van der Waals surface area contributed by atoms with Crippen LogP contribution >= 0.6 is 23.2 Å². The van der Waals surface area contributed by atoms with Crippen molar-refractivity contribution in [3.8, 4) is 0 Å². The molecule has 0 amide bonds. The molecule has 0 bridgehead atoms. The lowest BCUT2D eigenvalue weighted by molar-refractivity contribution is -0.108. The highest BCUT2D eigenvalue weighted by Gasteiger charge is 2.37. The molecule has 0 saturated carbocycles. The topological polar surface area (TPSA) is 17.1 Å². The predicted molar refractivity (Wildman–Crippen MR) is 72.9 cm³/mol. The summed E-state index contributed by atoms with van der Waals surface area (Å²) in [4.78, 5) is 11.3. The number of carbonyl (C=O) groups excluding carboxylic acids is 1. The molecule has 3 heteroatoms. The van der Waals surface area contributed by atoms with Gasteiger partial charge in [-0.05, 0) is 41.9 Å². The Hall–Kier alpha value is -0.200. The molecule has 0 atom stereocenters. The number of rotatable bonds is 5. The second-order valence-electron chi connectivity index (χ2n) is 3.63. The summed E-state index contributed by atoms with van der Waals surface area (Å²) in [6.45, 7) is 4.39. The first-order chi connectivity index (χ1) is 7.14. The van der Waals surface area contributed by atoms with Crippen LogP contribution in [0.4, 0.5) is 0 Å². The maximum Gasteiger partial charge on any atom is 0.235 e. The van der Waals surface area contributed by atoms with Crippen LogP contribution in [-0.2, 0) is 4.79 Å². The predicted octanol–water partition coefficient (Wildman–Crippen LogP) is 3.29. The summed E-state index contributed by atoms with van der Waals surface area (Å²) in [5, 5.41) is 1.38. The Labute approximate surface area is 101 Å². The van der Waals surface area contributed by atoms with E-state index in [2.05, 4.69) is 54.0 Å². The van der Waals surface area contributed by atoms with Crippen LogP contribution in [0.25, 0.3) is 0 Å². The van der Waals surface area contributed by atoms with Crippen LogP contribution in [0.3, 0.4) is 0 Å². The summed E-state index contributed by atoms with van der Waals surface area (Å²) < 4.78 is 0.142. The van der Waals surface area contributed by atoms with Crippen molar-refractivity contribution in [3.63, 3.8) is 0 Å². The van der Waals surface area contributed by atoms with Gasteiger partial charge in [0, 0.05) is 0 Å². The maximum absolute atomic E-state index is 11.3. The zero-order chi connectivity index (χ0) is 11.3. The fraction of sp³-hybridized carbons (Fsp3) is 0.417. The maximum atomic E-state index is 11.3. The van der Waals surface area contributed by atoms with Crippen molar-refractivity contribution < 1.29 is 4.79 Å². The second-order valence-corrected chi connectivity index (χ2v) is 8.90. The van der Waals surface area contributed by atoms with E-state index in [9.17, 15) is 4.79 Å². The van der Waals surface area contributed by atoms with Crippen molar-refractivity contribution in [1.82, 2.24) is 0 Å². The van der Waals surface area contributed by atoms with E-state index in [0.717, 1.165) is 12.3 Å². The van der Waals surface area contributed by atoms with E-state index in [1.54, 1.807) is 0 Å². The molecule has 0 unspecified atom stereocenters. The smallest absolute Gasteiger partial charge is 0.235 e. The minimum atomic E-state index is -1.26. The molecule has 0 aromatic heterocycles. The SMILES string of the molecule is CC[P+](CC)(CC(=O)Br)c1ccccc1. The molecule has 0 aliphatic heterocycles. The molecular formula is C12H17BrOP+. The van der Waals surface area contributed by atoms with Crippen molar-refractivity contribution in [3.05, 3.63) is 30.3 Å². The summed E-state index contributed by atoms with van der Waals surface area (Å²) in [6, 6.07) is 10.5. The molecule has 0 radical (unpaired) electrons. The lowest BCUT2D eigenvalue weighted by Gasteiger charge is -2.23. The van der Waals surface area contributed by atoms with Crippen molar-refractivity contribution in [2.45, 2.75) is 13.8 Å². The Bertz CT molecular complexity index is 320. The zero-order valence-electron chi connectivity index (χ0n) is 9.24. The van der Waals surface area contributed by atoms with Gasteiger partial charge in [-0.1, -0.05) is 18.2 Å². The van der Waals surface area contributed by atoms with Gasteiger partial charge >= 0.3 is 0 Å². The Morgan fingerprint density at radius 1 is 1.20 bits per heavy atom. The summed E-state index contributed by atoms with van der Waals surface area (Å²) in [7, 11) is -1.26. The minimum absolute atomic E-state index is 0.142. The van der Waals surface area contributed by atoms with Gasteiger partial charge in [-0.3, -0.25) is 4.79 Å². The van der Waals surface area contributed by atoms with Crippen LogP contribution < -0.4 is 5.30 Å². The number of halogens is 1. The molecule has 1 rings (SSSR count). The normalized spacial score (nSPS) is 11.4.